The molecule has 1 atom stereocenters. The van der Waals surface area contributed by atoms with Crippen molar-refractivity contribution >= 4 is 23.2 Å². The Morgan fingerprint density at radius 2 is 2.07 bits per heavy atom. The van der Waals surface area contributed by atoms with Crippen molar-refractivity contribution in [3.8, 4) is 0 Å². The summed E-state index contributed by atoms with van der Waals surface area (Å²) in [6, 6.07) is 10.1. The van der Waals surface area contributed by atoms with Gasteiger partial charge in [0.25, 0.3) is 0 Å². The highest BCUT2D eigenvalue weighted by atomic mass is 35.5. The molecule has 1 amide bonds. The maximum atomic E-state index is 14.5. The fraction of sp³-hybridized carbons (Fsp3) is 0.333. The second kappa shape index (κ2) is 9.00. The van der Waals surface area contributed by atoms with Crippen molar-refractivity contribution in [2.45, 2.75) is 38.5 Å². The molecule has 3 rings (SSSR count). The van der Waals surface area contributed by atoms with E-state index < -0.39 is 5.92 Å². The average Bonchev–Trinajstić information content (AvgIpc) is 3.07. The van der Waals surface area contributed by atoms with Crippen LogP contribution in [0.5, 0.6) is 0 Å². The van der Waals surface area contributed by atoms with Crippen LogP contribution in [0.25, 0.3) is 5.65 Å². The monoisotopic (exact) mass is 387 g/mol. The molecular weight excluding hydrogens is 365 g/mol. The van der Waals surface area contributed by atoms with Crippen LogP contribution in [-0.2, 0) is 4.79 Å². The first kappa shape index (κ1) is 19.4. The van der Waals surface area contributed by atoms with Crippen molar-refractivity contribution in [3.05, 3.63) is 70.9 Å². The first-order chi connectivity index (χ1) is 13.1. The first-order valence-electron chi connectivity index (χ1n) is 9.23. The molecule has 6 heteroatoms. The summed E-state index contributed by atoms with van der Waals surface area (Å²) in [5.74, 6) is -0.888. The van der Waals surface area contributed by atoms with E-state index in [1.165, 1.54) is 6.07 Å². The highest BCUT2D eigenvalue weighted by Gasteiger charge is 2.24. The molecule has 0 bridgehead atoms. The third kappa shape index (κ3) is 4.66. The molecule has 0 aliphatic heterocycles. The SMILES string of the molecule is CCCCCNC(=O)CC(c1ccccc1F)c1cnc2ccc(Cl)cn12. The molecule has 0 aliphatic rings. The fourth-order valence-electron chi connectivity index (χ4n) is 3.22. The van der Waals surface area contributed by atoms with Gasteiger partial charge in [0.2, 0.25) is 5.91 Å². The van der Waals surface area contributed by atoms with Crippen molar-refractivity contribution in [3.63, 3.8) is 0 Å². The van der Waals surface area contributed by atoms with E-state index in [1.54, 1.807) is 42.7 Å². The number of rotatable bonds is 8. The Hall–Kier alpha value is -2.40. The van der Waals surface area contributed by atoms with Gasteiger partial charge in [-0.05, 0) is 30.2 Å². The number of hydrogen-bond acceptors (Lipinski definition) is 2. The van der Waals surface area contributed by atoms with Crippen LogP contribution >= 0.6 is 11.6 Å². The fourth-order valence-corrected chi connectivity index (χ4v) is 3.38. The minimum Gasteiger partial charge on any atom is -0.356 e. The number of imidazole rings is 1. The highest BCUT2D eigenvalue weighted by Crippen LogP contribution is 2.31. The molecule has 0 fully saturated rings. The van der Waals surface area contributed by atoms with Crippen LogP contribution in [0.1, 0.15) is 49.8 Å². The lowest BCUT2D eigenvalue weighted by molar-refractivity contribution is -0.121. The van der Waals surface area contributed by atoms with Gasteiger partial charge in [0.05, 0.1) is 10.7 Å². The molecule has 1 N–H and O–H groups in total. The van der Waals surface area contributed by atoms with Crippen LogP contribution in [0.15, 0.2) is 48.8 Å². The number of amides is 1. The van der Waals surface area contributed by atoms with Crippen molar-refractivity contribution in [2.24, 2.45) is 0 Å². The van der Waals surface area contributed by atoms with Gasteiger partial charge < -0.3 is 9.72 Å². The van der Waals surface area contributed by atoms with Crippen LogP contribution in [0.2, 0.25) is 5.02 Å². The lowest BCUT2D eigenvalue weighted by Gasteiger charge is -2.18. The van der Waals surface area contributed by atoms with Gasteiger partial charge in [-0.25, -0.2) is 9.37 Å². The van der Waals surface area contributed by atoms with Crippen molar-refractivity contribution in [1.82, 2.24) is 14.7 Å². The number of nitrogens with one attached hydrogen (secondary N) is 1. The number of carbonyl (C=O) groups excluding carboxylic acids is 1. The Balaban J connectivity index is 1.92. The van der Waals surface area contributed by atoms with Gasteiger partial charge in [-0.3, -0.25) is 4.79 Å². The molecule has 4 nitrogen and oxygen atoms in total. The second-order valence-electron chi connectivity index (χ2n) is 6.59. The summed E-state index contributed by atoms with van der Waals surface area (Å²) < 4.78 is 16.3. The zero-order valence-corrected chi connectivity index (χ0v) is 16.0. The summed E-state index contributed by atoms with van der Waals surface area (Å²) in [6.45, 7) is 2.75. The van der Waals surface area contributed by atoms with Crippen LogP contribution < -0.4 is 5.32 Å². The van der Waals surface area contributed by atoms with Crippen molar-refractivity contribution in [2.75, 3.05) is 6.54 Å². The molecule has 142 valence electrons. The van der Waals surface area contributed by atoms with Crippen LogP contribution in [0.4, 0.5) is 4.39 Å². The van der Waals surface area contributed by atoms with E-state index in [9.17, 15) is 9.18 Å². The molecule has 0 radical (unpaired) electrons. The number of halogens is 2. The number of unbranched alkanes of at least 4 members (excludes halogenated alkanes) is 2. The number of pyridine rings is 1. The zero-order valence-electron chi connectivity index (χ0n) is 15.3. The lowest BCUT2D eigenvalue weighted by Crippen LogP contribution is -2.27. The second-order valence-corrected chi connectivity index (χ2v) is 7.03. The molecule has 1 aromatic carbocycles. The van der Waals surface area contributed by atoms with Gasteiger partial charge in [0.15, 0.2) is 0 Å². The lowest BCUT2D eigenvalue weighted by atomic mass is 9.92. The van der Waals surface area contributed by atoms with E-state index in [0.717, 1.165) is 25.0 Å². The molecular formula is C21H23ClFN3O. The molecule has 0 aliphatic carbocycles. The van der Waals surface area contributed by atoms with Gasteiger partial charge >= 0.3 is 0 Å². The Labute approximate surface area is 163 Å². The topological polar surface area (TPSA) is 46.4 Å². The number of nitrogens with zero attached hydrogens (tertiary/aromatic N) is 2. The van der Waals surface area contributed by atoms with Crippen molar-refractivity contribution in [1.29, 1.82) is 0 Å². The number of carbonyl (C=O) groups is 1. The van der Waals surface area contributed by atoms with Gasteiger partial charge in [-0.1, -0.05) is 49.6 Å². The first-order valence-corrected chi connectivity index (χ1v) is 9.61. The van der Waals surface area contributed by atoms with E-state index >= 15 is 0 Å². The Kier molecular flexibility index (Phi) is 6.45. The summed E-state index contributed by atoms with van der Waals surface area (Å²) in [4.78, 5) is 16.9. The van der Waals surface area contributed by atoms with E-state index in [1.807, 2.05) is 4.40 Å². The summed E-state index contributed by atoms with van der Waals surface area (Å²) in [7, 11) is 0. The van der Waals surface area contributed by atoms with Crippen LogP contribution in [0.3, 0.4) is 0 Å². The largest absolute Gasteiger partial charge is 0.356 e. The van der Waals surface area contributed by atoms with E-state index in [4.69, 9.17) is 11.6 Å². The van der Waals surface area contributed by atoms with E-state index in [2.05, 4.69) is 17.2 Å². The minimum absolute atomic E-state index is 0.101. The predicted molar refractivity (Wildman–Crippen MR) is 106 cm³/mol. The van der Waals surface area contributed by atoms with Gasteiger partial charge in [-0.2, -0.15) is 0 Å². The average molecular weight is 388 g/mol. The molecule has 1 unspecified atom stereocenters. The van der Waals surface area contributed by atoms with E-state index in [0.29, 0.717) is 22.8 Å². The third-order valence-corrected chi connectivity index (χ3v) is 4.85. The van der Waals surface area contributed by atoms with Crippen LogP contribution in [-0.4, -0.2) is 21.8 Å². The van der Waals surface area contributed by atoms with Gasteiger partial charge in [-0.15, -0.1) is 0 Å². The summed E-state index contributed by atoms with van der Waals surface area (Å²) in [5.41, 5.74) is 1.92. The standard InChI is InChI=1S/C21H23ClFN3O/c1-2-3-6-11-24-21(27)12-17(16-7-4-5-8-18(16)23)19-13-25-20-10-9-15(22)14-26(19)20/h4-5,7-10,13-14,17H,2-3,6,11-12H2,1H3,(H,24,27). The van der Waals surface area contributed by atoms with Crippen molar-refractivity contribution < 1.29 is 9.18 Å². The molecule has 0 spiro atoms. The van der Waals surface area contributed by atoms with Gasteiger partial charge in [0.1, 0.15) is 11.5 Å². The van der Waals surface area contributed by atoms with Gasteiger partial charge in [0, 0.05) is 31.3 Å². The molecule has 0 saturated carbocycles. The number of fused-ring (bicyclic) bond motifs is 1. The summed E-state index contributed by atoms with van der Waals surface area (Å²) >= 11 is 6.13. The Morgan fingerprint density at radius 1 is 1.26 bits per heavy atom. The minimum atomic E-state index is -0.453. The van der Waals surface area contributed by atoms with Crippen LogP contribution in [0, 0.1) is 5.82 Å². The number of hydrogen-bond donors (Lipinski definition) is 1. The summed E-state index contributed by atoms with van der Waals surface area (Å²) in [5, 5.41) is 3.50. The summed E-state index contributed by atoms with van der Waals surface area (Å²) in [6.07, 6.45) is 6.68. The van der Waals surface area contributed by atoms with E-state index in [-0.39, 0.29) is 18.1 Å². The number of aromatic nitrogens is 2. The Bertz CT molecular complexity index is 925. The maximum absolute atomic E-state index is 14.5. The molecule has 2 heterocycles. The number of benzene rings is 1. The quantitative estimate of drug-likeness (QED) is 0.555. The maximum Gasteiger partial charge on any atom is 0.221 e. The Morgan fingerprint density at radius 3 is 2.85 bits per heavy atom. The smallest absolute Gasteiger partial charge is 0.221 e. The zero-order chi connectivity index (χ0) is 19.2. The normalized spacial score (nSPS) is 12.3. The molecule has 27 heavy (non-hydrogen) atoms. The highest BCUT2D eigenvalue weighted by molar-refractivity contribution is 6.30. The molecule has 2 aromatic heterocycles. The predicted octanol–water partition coefficient (Wildman–Crippen LogP) is 4.96. The third-order valence-electron chi connectivity index (χ3n) is 4.63. The molecule has 0 saturated heterocycles. The molecule has 3 aromatic rings.